The molecule has 0 saturated heterocycles. The van der Waals surface area contributed by atoms with Crippen molar-refractivity contribution in [3.8, 4) is 17.3 Å². The van der Waals surface area contributed by atoms with Gasteiger partial charge in [-0.2, -0.15) is 0 Å². The SMILES string of the molecule is C1=Cc2ccc(-n3c4ccccc4c4ccccc43)cc2N(c2cccc(Oc3ccccn3)c2)c2ccccc21. The smallest absolute Gasteiger partial charge is 0.219 e. The second-order valence-corrected chi connectivity index (χ2v) is 10.1. The molecule has 1 aliphatic heterocycles. The van der Waals surface area contributed by atoms with E-state index in [0.717, 1.165) is 39.6 Å². The number of rotatable bonds is 4. The van der Waals surface area contributed by atoms with E-state index in [1.54, 1.807) is 6.20 Å². The number of hydrogen-bond acceptors (Lipinski definition) is 3. The Kier molecular flexibility index (Phi) is 5.42. The fraction of sp³-hybridized carbons (Fsp3) is 0. The lowest BCUT2D eigenvalue weighted by atomic mass is 10.1. The third kappa shape index (κ3) is 3.97. The highest BCUT2D eigenvalue weighted by molar-refractivity contribution is 6.09. The van der Waals surface area contributed by atoms with Gasteiger partial charge in [-0.25, -0.2) is 4.98 Å². The number of anilines is 3. The summed E-state index contributed by atoms with van der Waals surface area (Å²) in [5, 5.41) is 2.50. The highest BCUT2D eigenvalue weighted by Crippen LogP contribution is 2.44. The molecule has 0 unspecified atom stereocenters. The largest absolute Gasteiger partial charge is 0.439 e. The van der Waals surface area contributed by atoms with Crippen molar-refractivity contribution in [3.63, 3.8) is 0 Å². The maximum Gasteiger partial charge on any atom is 0.219 e. The summed E-state index contributed by atoms with van der Waals surface area (Å²) < 4.78 is 8.50. The number of nitrogens with zero attached hydrogens (tertiary/aromatic N) is 3. The van der Waals surface area contributed by atoms with Crippen LogP contribution >= 0.6 is 0 Å². The molecule has 1 aliphatic rings. The zero-order valence-electron chi connectivity index (χ0n) is 22.2. The summed E-state index contributed by atoms with van der Waals surface area (Å²) in [7, 11) is 0. The summed E-state index contributed by atoms with van der Waals surface area (Å²) in [6, 6.07) is 46.4. The number of hydrogen-bond donors (Lipinski definition) is 0. The van der Waals surface area contributed by atoms with Crippen LogP contribution in [-0.2, 0) is 0 Å². The van der Waals surface area contributed by atoms with E-state index < -0.39 is 0 Å². The molecule has 2 aromatic heterocycles. The normalized spacial score (nSPS) is 12.2. The van der Waals surface area contributed by atoms with Crippen molar-refractivity contribution in [2.75, 3.05) is 4.90 Å². The second kappa shape index (κ2) is 9.54. The van der Waals surface area contributed by atoms with Gasteiger partial charge in [-0.05, 0) is 59.7 Å². The molecule has 0 fully saturated rings. The van der Waals surface area contributed by atoms with Crippen molar-refractivity contribution in [2.45, 2.75) is 0 Å². The van der Waals surface area contributed by atoms with E-state index in [-0.39, 0.29) is 0 Å². The lowest BCUT2D eigenvalue weighted by Crippen LogP contribution is -2.12. The van der Waals surface area contributed by atoms with Crippen molar-refractivity contribution < 1.29 is 4.74 Å². The number of benzene rings is 5. The van der Waals surface area contributed by atoms with Crippen LogP contribution in [0.25, 0.3) is 39.6 Å². The van der Waals surface area contributed by atoms with Gasteiger partial charge in [0, 0.05) is 40.5 Å². The average molecular weight is 528 g/mol. The molecule has 0 amide bonds. The van der Waals surface area contributed by atoms with Crippen LogP contribution in [-0.4, -0.2) is 9.55 Å². The Morgan fingerprint density at radius 3 is 2.00 bits per heavy atom. The van der Waals surface area contributed by atoms with Gasteiger partial charge in [0.05, 0.1) is 22.4 Å². The van der Waals surface area contributed by atoms with E-state index in [9.17, 15) is 0 Å². The van der Waals surface area contributed by atoms with E-state index in [2.05, 4.69) is 130 Å². The zero-order chi connectivity index (χ0) is 27.2. The van der Waals surface area contributed by atoms with Gasteiger partial charge in [0.15, 0.2) is 0 Å². The van der Waals surface area contributed by atoms with Crippen molar-refractivity contribution in [2.24, 2.45) is 0 Å². The van der Waals surface area contributed by atoms with Crippen LogP contribution in [0.2, 0.25) is 0 Å². The number of aromatic nitrogens is 2. The summed E-state index contributed by atoms with van der Waals surface area (Å²) in [4.78, 5) is 6.67. The van der Waals surface area contributed by atoms with E-state index in [1.807, 2.05) is 30.3 Å². The summed E-state index contributed by atoms with van der Waals surface area (Å²) in [6.45, 7) is 0. The molecule has 0 radical (unpaired) electrons. The zero-order valence-corrected chi connectivity index (χ0v) is 22.2. The Morgan fingerprint density at radius 1 is 0.512 bits per heavy atom. The van der Waals surface area contributed by atoms with Crippen molar-refractivity contribution >= 4 is 51.0 Å². The molecule has 0 saturated carbocycles. The molecule has 41 heavy (non-hydrogen) atoms. The lowest BCUT2D eigenvalue weighted by molar-refractivity contribution is 0.463. The predicted molar refractivity (Wildman–Crippen MR) is 169 cm³/mol. The first kappa shape index (κ1) is 23.3. The van der Waals surface area contributed by atoms with Gasteiger partial charge in [-0.15, -0.1) is 0 Å². The maximum atomic E-state index is 6.14. The highest BCUT2D eigenvalue weighted by Gasteiger charge is 2.22. The number of para-hydroxylation sites is 3. The van der Waals surface area contributed by atoms with E-state index in [0.29, 0.717) is 5.88 Å². The summed E-state index contributed by atoms with van der Waals surface area (Å²) in [5.74, 6) is 1.30. The van der Waals surface area contributed by atoms with Gasteiger partial charge in [0.2, 0.25) is 5.88 Å². The van der Waals surface area contributed by atoms with Crippen molar-refractivity contribution in [3.05, 3.63) is 151 Å². The molecule has 194 valence electrons. The van der Waals surface area contributed by atoms with E-state index in [4.69, 9.17) is 4.74 Å². The Morgan fingerprint density at radius 2 is 1.22 bits per heavy atom. The first-order valence-electron chi connectivity index (χ1n) is 13.7. The highest BCUT2D eigenvalue weighted by atomic mass is 16.5. The van der Waals surface area contributed by atoms with Crippen LogP contribution in [0.3, 0.4) is 0 Å². The lowest BCUT2D eigenvalue weighted by Gasteiger charge is -2.28. The topological polar surface area (TPSA) is 30.3 Å². The molecule has 4 heteroatoms. The van der Waals surface area contributed by atoms with Gasteiger partial charge in [0.1, 0.15) is 5.75 Å². The molecular formula is C37H25N3O. The molecular weight excluding hydrogens is 502 g/mol. The number of ether oxygens (including phenoxy) is 1. The Balaban J connectivity index is 1.34. The monoisotopic (exact) mass is 527 g/mol. The first-order valence-corrected chi connectivity index (χ1v) is 13.7. The van der Waals surface area contributed by atoms with Gasteiger partial charge in [-0.1, -0.05) is 84.9 Å². The van der Waals surface area contributed by atoms with Crippen molar-refractivity contribution in [1.82, 2.24) is 9.55 Å². The summed E-state index contributed by atoms with van der Waals surface area (Å²) >= 11 is 0. The molecule has 8 rings (SSSR count). The quantitative estimate of drug-likeness (QED) is 0.228. The molecule has 0 atom stereocenters. The average Bonchev–Trinajstić information content (AvgIpc) is 3.26. The molecule has 3 heterocycles. The third-order valence-corrected chi connectivity index (χ3v) is 7.65. The van der Waals surface area contributed by atoms with Crippen molar-refractivity contribution in [1.29, 1.82) is 0 Å². The van der Waals surface area contributed by atoms with Gasteiger partial charge in [0.25, 0.3) is 0 Å². The van der Waals surface area contributed by atoms with E-state index in [1.165, 1.54) is 21.8 Å². The fourth-order valence-electron chi connectivity index (χ4n) is 5.84. The first-order chi connectivity index (χ1) is 20.3. The minimum atomic E-state index is 0.566. The minimum absolute atomic E-state index is 0.566. The molecule has 5 aromatic carbocycles. The molecule has 0 bridgehead atoms. The van der Waals surface area contributed by atoms with Crippen LogP contribution in [0, 0.1) is 0 Å². The van der Waals surface area contributed by atoms with Gasteiger partial charge >= 0.3 is 0 Å². The molecule has 0 N–H and O–H groups in total. The molecule has 0 aliphatic carbocycles. The molecule has 7 aromatic rings. The van der Waals surface area contributed by atoms with Crippen LogP contribution < -0.4 is 9.64 Å². The second-order valence-electron chi connectivity index (χ2n) is 10.1. The molecule has 0 spiro atoms. The number of pyridine rings is 1. The minimum Gasteiger partial charge on any atom is -0.439 e. The number of fused-ring (bicyclic) bond motifs is 5. The standard InChI is InChI=1S/C37H25N3O/c1-4-15-33-26(10-1)19-20-27-21-22-29(40-34-16-5-2-13-31(34)32-14-3-6-17-35(32)40)25-36(27)39(33)28-11-9-12-30(24-28)41-37-18-7-8-23-38-37/h1-25H. The van der Waals surface area contributed by atoms with E-state index >= 15 is 0 Å². The van der Waals surface area contributed by atoms with Crippen LogP contribution in [0.4, 0.5) is 17.1 Å². The molecule has 4 nitrogen and oxygen atoms in total. The maximum absolute atomic E-state index is 6.14. The Bertz CT molecular complexity index is 2040. The van der Waals surface area contributed by atoms with Crippen LogP contribution in [0.5, 0.6) is 11.6 Å². The summed E-state index contributed by atoms with van der Waals surface area (Å²) in [6.07, 6.45) is 6.14. The Hall–Kier alpha value is -5.61. The Labute approximate surface area is 238 Å². The van der Waals surface area contributed by atoms with Crippen LogP contribution in [0.1, 0.15) is 11.1 Å². The predicted octanol–water partition coefficient (Wildman–Crippen LogP) is 9.92. The van der Waals surface area contributed by atoms with Crippen LogP contribution in [0.15, 0.2) is 140 Å². The third-order valence-electron chi connectivity index (χ3n) is 7.65. The fourth-order valence-corrected chi connectivity index (χ4v) is 5.84. The van der Waals surface area contributed by atoms with Gasteiger partial charge < -0.3 is 14.2 Å². The van der Waals surface area contributed by atoms with Gasteiger partial charge in [-0.3, -0.25) is 0 Å². The summed E-state index contributed by atoms with van der Waals surface area (Å²) in [5.41, 5.74) is 9.00.